The van der Waals surface area contributed by atoms with Gasteiger partial charge in [0.2, 0.25) is 0 Å². The van der Waals surface area contributed by atoms with Crippen molar-refractivity contribution in [3.63, 3.8) is 0 Å². The molecule has 0 aromatic heterocycles. The number of carbonyl (C=O) groups is 2. The van der Waals surface area contributed by atoms with Crippen LogP contribution in [-0.4, -0.2) is 35.1 Å². The van der Waals surface area contributed by atoms with Gasteiger partial charge in [-0.2, -0.15) is 0 Å². The molecule has 0 aliphatic carbocycles. The van der Waals surface area contributed by atoms with Crippen LogP contribution in [0.1, 0.15) is 5.56 Å². The van der Waals surface area contributed by atoms with E-state index < -0.39 is 5.97 Å². The molecular formula is C16H18N2O3. The highest BCUT2D eigenvalue weighted by Crippen LogP contribution is 2.11. The lowest BCUT2D eigenvalue weighted by Crippen LogP contribution is -2.35. The minimum absolute atomic E-state index is 0.247. The van der Waals surface area contributed by atoms with Gasteiger partial charge in [-0.1, -0.05) is 24.3 Å². The predicted molar refractivity (Wildman–Crippen MR) is 84.1 cm³/mol. The van der Waals surface area contributed by atoms with Crippen molar-refractivity contribution < 1.29 is 14.7 Å². The Morgan fingerprint density at radius 1 is 1.14 bits per heavy atom. The SMILES string of the molecule is C=CCN(CC=C)C(=O)Nc1ccc(C=CC(=O)O)cc1. The van der Waals surface area contributed by atoms with Gasteiger partial charge < -0.3 is 15.3 Å². The molecule has 0 aliphatic rings. The molecule has 1 aromatic carbocycles. The molecule has 0 aliphatic heterocycles. The van der Waals surface area contributed by atoms with Crippen molar-refractivity contribution in [3.05, 3.63) is 61.2 Å². The topological polar surface area (TPSA) is 69.6 Å². The molecule has 1 rings (SSSR count). The lowest BCUT2D eigenvalue weighted by Gasteiger charge is -2.19. The highest BCUT2D eigenvalue weighted by atomic mass is 16.4. The Morgan fingerprint density at radius 2 is 1.71 bits per heavy atom. The molecule has 0 heterocycles. The maximum atomic E-state index is 12.0. The van der Waals surface area contributed by atoms with Gasteiger partial charge in [-0.05, 0) is 23.8 Å². The second-order valence-corrected chi connectivity index (χ2v) is 4.21. The van der Waals surface area contributed by atoms with Gasteiger partial charge in [-0.3, -0.25) is 0 Å². The van der Waals surface area contributed by atoms with Gasteiger partial charge in [-0.25, -0.2) is 9.59 Å². The Kier molecular flexibility index (Phi) is 6.47. The van der Waals surface area contributed by atoms with E-state index in [0.717, 1.165) is 11.6 Å². The van der Waals surface area contributed by atoms with E-state index in [1.165, 1.54) is 6.08 Å². The number of anilines is 1. The third-order valence-electron chi connectivity index (χ3n) is 2.57. The third-order valence-corrected chi connectivity index (χ3v) is 2.57. The maximum Gasteiger partial charge on any atom is 0.328 e. The van der Waals surface area contributed by atoms with Gasteiger partial charge in [0.1, 0.15) is 0 Å². The van der Waals surface area contributed by atoms with Crippen LogP contribution in [0.2, 0.25) is 0 Å². The number of hydrogen-bond acceptors (Lipinski definition) is 2. The van der Waals surface area contributed by atoms with E-state index in [4.69, 9.17) is 5.11 Å². The van der Waals surface area contributed by atoms with E-state index in [0.29, 0.717) is 18.8 Å². The van der Waals surface area contributed by atoms with Crippen molar-refractivity contribution in [2.24, 2.45) is 0 Å². The van der Waals surface area contributed by atoms with Crippen molar-refractivity contribution in [3.8, 4) is 0 Å². The van der Waals surface area contributed by atoms with Crippen molar-refractivity contribution in [2.75, 3.05) is 18.4 Å². The normalized spacial score (nSPS) is 10.1. The number of urea groups is 1. The van der Waals surface area contributed by atoms with Crippen LogP contribution in [0.3, 0.4) is 0 Å². The number of benzene rings is 1. The van der Waals surface area contributed by atoms with E-state index in [-0.39, 0.29) is 6.03 Å². The van der Waals surface area contributed by atoms with E-state index in [9.17, 15) is 9.59 Å². The smallest absolute Gasteiger partial charge is 0.328 e. The van der Waals surface area contributed by atoms with Gasteiger partial charge >= 0.3 is 12.0 Å². The Hall–Kier alpha value is -2.82. The van der Waals surface area contributed by atoms with E-state index >= 15 is 0 Å². The molecule has 0 bridgehead atoms. The van der Waals surface area contributed by atoms with Crippen molar-refractivity contribution in [1.82, 2.24) is 4.90 Å². The zero-order chi connectivity index (χ0) is 15.7. The molecule has 0 saturated heterocycles. The standard InChI is InChI=1S/C16H18N2O3/c1-3-11-18(12-4-2)16(21)17-14-8-5-13(6-9-14)7-10-15(19)20/h3-10H,1-2,11-12H2,(H,17,21)(H,19,20). The van der Waals surface area contributed by atoms with Crippen LogP contribution >= 0.6 is 0 Å². The predicted octanol–water partition coefficient (Wildman–Crippen LogP) is 2.99. The Bertz CT molecular complexity index is 537. The maximum absolute atomic E-state index is 12.0. The molecule has 21 heavy (non-hydrogen) atoms. The molecule has 2 N–H and O–H groups in total. The molecule has 5 nitrogen and oxygen atoms in total. The van der Waals surface area contributed by atoms with Crippen molar-refractivity contribution in [2.45, 2.75) is 0 Å². The van der Waals surface area contributed by atoms with Gasteiger partial charge in [-0.15, -0.1) is 13.2 Å². The second-order valence-electron chi connectivity index (χ2n) is 4.21. The summed E-state index contributed by atoms with van der Waals surface area (Å²) in [7, 11) is 0. The minimum atomic E-state index is -1.00. The minimum Gasteiger partial charge on any atom is -0.478 e. The van der Waals surface area contributed by atoms with Crippen molar-refractivity contribution >= 4 is 23.8 Å². The number of carboxylic acids is 1. The van der Waals surface area contributed by atoms with E-state index in [1.54, 1.807) is 41.3 Å². The lowest BCUT2D eigenvalue weighted by atomic mass is 10.2. The summed E-state index contributed by atoms with van der Waals surface area (Å²) in [6.07, 6.45) is 5.82. The molecule has 1 aromatic rings. The fraction of sp³-hybridized carbons (Fsp3) is 0.125. The van der Waals surface area contributed by atoms with Gasteiger partial charge in [0, 0.05) is 24.9 Å². The molecule has 0 atom stereocenters. The van der Waals surface area contributed by atoms with Crippen LogP contribution in [0.25, 0.3) is 6.08 Å². The zero-order valence-corrected chi connectivity index (χ0v) is 11.7. The average Bonchev–Trinajstić information content (AvgIpc) is 2.46. The zero-order valence-electron chi connectivity index (χ0n) is 11.7. The first-order valence-electron chi connectivity index (χ1n) is 6.35. The largest absolute Gasteiger partial charge is 0.478 e. The van der Waals surface area contributed by atoms with Crippen LogP contribution in [-0.2, 0) is 4.79 Å². The number of nitrogens with zero attached hydrogens (tertiary/aromatic N) is 1. The number of hydrogen-bond donors (Lipinski definition) is 2. The molecule has 2 amide bonds. The fourth-order valence-corrected chi connectivity index (χ4v) is 1.60. The first-order valence-corrected chi connectivity index (χ1v) is 6.35. The average molecular weight is 286 g/mol. The molecule has 0 saturated carbocycles. The Balaban J connectivity index is 2.69. The summed E-state index contributed by atoms with van der Waals surface area (Å²) in [5.74, 6) is -1.00. The summed E-state index contributed by atoms with van der Waals surface area (Å²) in [6.45, 7) is 8.07. The Morgan fingerprint density at radius 3 is 2.19 bits per heavy atom. The number of carboxylic acid groups (broad SMARTS) is 1. The molecule has 0 unspecified atom stereocenters. The molecule has 0 radical (unpaired) electrons. The second kappa shape index (κ2) is 8.37. The summed E-state index contributed by atoms with van der Waals surface area (Å²) < 4.78 is 0. The first-order chi connectivity index (χ1) is 10.1. The van der Waals surface area contributed by atoms with Gasteiger partial charge in [0.05, 0.1) is 0 Å². The molecule has 0 fully saturated rings. The summed E-state index contributed by atoms with van der Waals surface area (Å²) >= 11 is 0. The lowest BCUT2D eigenvalue weighted by molar-refractivity contribution is -0.131. The van der Waals surface area contributed by atoms with Crippen LogP contribution in [0, 0.1) is 0 Å². The number of aliphatic carboxylic acids is 1. The monoisotopic (exact) mass is 286 g/mol. The number of carbonyl (C=O) groups excluding carboxylic acids is 1. The van der Waals surface area contributed by atoms with Crippen LogP contribution in [0.4, 0.5) is 10.5 Å². The van der Waals surface area contributed by atoms with Crippen LogP contribution < -0.4 is 5.32 Å². The Labute approximate surface area is 123 Å². The molecule has 5 heteroatoms. The van der Waals surface area contributed by atoms with E-state index in [2.05, 4.69) is 18.5 Å². The van der Waals surface area contributed by atoms with Crippen LogP contribution in [0.5, 0.6) is 0 Å². The van der Waals surface area contributed by atoms with E-state index in [1.807, 2.05) is 0 Å². The highest BCUT2D eigenvalue weighted by molar-refractivity contribution is 5.90. The summed E-state index contributed by atoms with van der Waals surface area (Å²) in [4.78, 5) is 24.0. The van der Waals surface area contributed by atoms with Gasteiger partial charge in [0.15, 0.2) is 0 Å². The number of nitrogens with one attached hydrogen (secondary N) is 1. The van der Waals surface area contributed by atoms with Gasteiger partial charge in [0.25, 0.3) is 0 Å². The summed E-state index contributed by atoms with van der Waals surface area (Å²) in [5, 5.41) is 11.3. The first kappa shape index (κ1) is 16.2. The number of rotatable bonds is 7. The molecular weight excluding hydrogens is 268 g/mol. The number of amides is 2. The quantitative estimate of drug-likeness (QED) is 0.598. The summed E-state index contributed by atoms with van der Waals surface area (Å²) in [5.41, 5.74) is 1.37. The van der Waals surface area contributed by atoms with Crippen molar-refractivity contribution in [1.29, 1.82) is 0 Å². The fourth-order valence-electron chi connectivity index (χ4n) is 1.60. The molecule has 0 spiro atoms. The van der Waals surface area contributed by atoms with Crippen LogP contribution in [0.15, 0.2) is 55.7 Å². The highest BCUT2D eigenvalue weighted by Gasteiger charge is 2.10. The summed E-state index contributed by atoms with van der Waals surface area (Å²) in [6, 6.07) is 6.61. The molecule has 110 valence electrons. The third kappa shape index (κ3) is 5.78.